The molecule has 2 aromatic rings. The number of hydrogen-bond acceptors (Lipinski definition) is 3. The van der Waals surface area contributed by atoms with Crippen LogP contribution in [0.2, 0.25) is 0 Å². The molecule has 1 N–H and O–H groups in total. The summed E-state index contributed by atoms with van der Waals surface area (Å²) in [5.74, 6) is 0.594. The highest BCUT2D eigenvalue weighted by molar-refractivity contribution is 9.10. The minimum Gasteiger partial charge on any atom is -0.496 e. The van der Waals surface area contributed by atoms with Crippen LogP contribution in [-0.4, -0.2) is 18.0 Å². The Balaban J connectivity index is 2.12. The molecule has 0 aliphatic carbocycles. The third-order valence-corrected chi connectivity index (χ3v) is 4.04. The standard InChI is InChI=1S/C15H14Br2N2O2/c1-9(10-3-4-14(21-2)13(17)6-10)19-15(20)11-5-12(16)8-18-7-11/h3-9H,1-2H3,(H,19,20). The first-order valence-electron chi connectivity index (χ1n) is 6.26. The van der Waals surface area contributed by atoms with E-state index in [-0.39, 0.29) is 11.9 Å². The predicted molar refractivity (Wildman–Crippen MR) is 88.5 cm³/mol. The first-order valence-corrected chi connectivity index (χ1v) is 7.84. The summed E-state index contributed by atoms with van der Waals surface area (Å²) in [5, 5.41) is 2.94. The normalized spacial score (nSPS) is 11.8. The van der Waals surface area contributed by atoms with Gasteiger partial charge in [0, 0.05) is 16.9 Å². The third-order valence-electron chi connectivity index (χ3n) is 2.99. The van der Waals surface area contributed by atoms with E-state index in [1.54, 1.807) is 19.4 Å². The highest BCUT2D eigenvalue weighted by Crippen LogP contribution is 2.28. The van der Waals surface area contributed by atoms with E-state index in [1.807, 2.05) is 25.1 Å². The van der Waals surface area contributed by atoms with Crippen molar-refractivity contribution in [3.05, 3.63) is 56.7 Å². The fraction of sp³-hybridized carbons (Fsp3) is 0.200. The summed E-state index contributed by atoms with van der Waals surface area (Å²) < 4.78 is 6.82. The molecule has 1 heterocycles. The summed E-state index contributed by atoms with van der Waals surface area (Å²) in [6.45, 7) is 1.93. The molecule has 1 atom stereocenters. The molecule has 1 amide bonds. The molecule has 1 unspecified atom stereocenters. The second-order valence-electron chi connectivity index (χ2n) is 4.48. The molecule has 4 nitrogen and oxygen atoms in total. The van der Waals surface area contributed by atoms with Gasteiger partial charge in [-0.25, -0.2) is 0 Å². The van der Waals surface area contributed by atoms with Gasteiger partial charge in [0.1, 0.15) is 5.75 Å². The number of aromatic nitrogens is 1. The highest BCUT2D eigenvalue weighted by atomic mass is 79.9. The highest BCUT2D eigenvalue weighted by Gasteiger charge is 2.13. The number of hydrogen-bond donors (Lipinski definition) is 1. The quantitative estimate of drug-likeness (QED) is 0.820. The van der Waals surface area contributed by atoms with E-state index in [4.69, 9.17) is 4.74 Å². The van der Waals surface area contributed by atoms with Gasteiger partial charge in [0.05, 0.1) is 23.2 Å². The van der Waals surface area contributed by atoms with E-state index in [0.717, 1.165) is 20.3 Å². The van der Waals surface area contributed by atoms with Crippen molar-refractivity contribution in [3.8, 4) is 5.75 Å². The molecule has 1 aromatic carbocycles. The number of pyridine rings is 1. The number of amides is 1. The maximum Gasteiger partial charge on any atom is 0.253 e. The summed E-state index contributed by atoms with van der Waals surface area (Å²) in [6, 6.07) is 7.33. The van der Waals surface area contributed by atoms with Crippen LogP contribution in [0.3, 0.4) is 0 Å². The zero-order valence-corrected chi connectivity index (χ0v) is 14.7. The van der Waals surface area contributed by atoms with Crippen molar-refractivity contribution in [2.75, 3.05) is 7.11 Å². The maximum absolute atomic E-state index is 12.2. The van der Waals surface area contributed by atoms with Gasteiger partial charge in [0.2, 0.25) is 0 Å². The number of halogens is 2. The fourth-order valence-electron chi connectivity index (χ4n) is 1.85. The van der Waals surface area contributed by atoms with Crippen LogP contribution in [0.5, 0.6) is 5.75 Å². The Labute approximate surface area is 140 Å². The summed E-state index contributed by atoms with van der Waals surface area (Å²) in [6.07, 6.45) is 3.18. The van der Waals surface area contributed by atoms with E-state index in [2.05, 4.69) is 42.2 Å². The molecule has 21 heavy (non-hydrogen) atoms. The Morgan fingerprint density at radius 3 is 2.67 bits per heavy atom. The number of benzene rings is 1. The van der Waals surface area contributed by atoms with Gasteiger partial charge >= 0.3 is 0 Å². The Bertz CT molecular complexity index is 662. The van der Waals surface area contributed by atoms with E-state index in [9.17, 15) is 4.79 Å². The van der Waals surface area contributed by atoms with Gasteiger partial charge in [-0.3, -0.25) is 9.78 Å². The lowest BCUT2D eigenvalue weighted by Crippen LogP contribution is -2.26. The van der Waals surface area contributed by atoms with Crippen molar-refractivity contribution < 1.29 is 9.53 Å². The molecule has 0 spiro atoms. The number of nitrogens with one attached hydrogen (secondary N) is 1. The zero-order chi connectivity index (χ0) is 15.4. The molecule has 0 saturated heterocycles. The smallest absolute Gasteiger partial charge is 0.253 e. The van der Waals surface area contributed by atoms with Crippen molar-refractivity contribution in [2.45, 2.75) is 13.0 Å². The van der Waals surface area contributed by atoms with Gasteiger partial charge in [-0.15, -0.1) is 0 Å². The first-order chi connectivity index (χ1) is 10.0. The van der Waals surface area contributed by atoms with Gasteiger partial charge in [-0.05, 0) is 62.5 Å². The van der Waals surface area contributed by atoms with Crippen LogP contribution < -0.4 is 10.1 Å². The topological polar surface area (TPSA) is 51.2 Å². The Kier molecular flexibility index (Phi) is 5.36. The molecule has 0 fully saturated rings. The van der Waals surface area contributed by atoms with Gasteiger partial charge in [-0.2, -0.15) is 0 Å². The minimum absolute atomic E-state index is 0.126. The second kappa shape index (κ2) is 7.04. The molecule has 0 bridgehead atoms. The molecular weight excluding hydrogens is 400 g/mol. The molecule has 0 saturated carbocycles. The van der Waals surface area contributed by atoms with Gasteiger partial charge < -0.3 is 10.1 Å². The predicted octanol–water partition coefficient (Wildman–Crippen LogP) is 4.11. The number of methoxy groups -OCH3 is 1. The van der Waals surface area contributed by atoms with Crippen molar-refractivity contribution in [2.24, 2.45) is 0 Å². The number of rotatable bonds is 4. The number of nitrogens with zero attached hydrogens (tertiary/aromatic N) is 1. The molecule has 0 radical (unpaired) electrons. The Hall–Kier alpha value is -1.40. The summed E-state index contributed by atoms with van der Waals surface area (Å²) in [4.78, 5) is 16.2. The molecule has 2 rings (SSSR count). The average Bonchev–Trinajstić information content (AvgIpc) is 2.47. The number of ether oxygens (including phenoxy) is 1. The fourth-order valence-corrected chi connectivity index (χ4v) is 2.77. The van der Waals surface area contributed by atoms with Crippen LogP contribution in [0, 0.1) is 0 Å². The van der Waals surface area contributed by atoms with E-state index in [1.165, 1.54) is 6.20 Å². The Morgan fingerprint density at radius 1 is 1.29 bits per heavy atom. The SMILES string of the molecule is COc1ccc(C(C)NC(=O)c2cncc(Br)c2)cc1Br. The molecule has 6 heteroatoms. The van der Waals surface area contributed by atoms with Crippen molar-refractivity contribution in [3.63, 3.8) is 0 Å². The average molecular weight is 414 g/mol. The van der Waals surface area contributed by atoms with Crippen LogP contribution in [0.4, 0.5) is 0 Å². The lowest BCUT2D eigenvalue weighted by atomic mass is 10.1. The number of carbonyl (C=O) groups is 1. The van der Waals surface area contributed by atoms with Crippen LogP contribution in [0.1, 0.15) is 28.9 Å². The molecule has 110 valence electrons. The van der Waals surface area contributed by atoms with Crippen molar-refractivity contribution in [1.82, 2.24) is 10.3 Å². The van der Waals surface area contributed by atoms with Gasteiger partial charge in [0.25, 0.3) is 5.91 Å². The largest absolute Gasteiger partial charge is 0.496 e. The molecule has 0 aliphatic rings. The summed E-state index contributed by atoms with van der Waals surface area (Å²) in [7, 11) is 1.62. The van der Waals surface area contributed by atoms with E-state index >= 15 is 0 Å². The molecule has 1 aromatic heterocycles. The lowest BCUT2D eigenvalue weighted by Gasteiger charge is -2.15. The van der Waals surface area contributed by atoms with Crippen LogP contribution in [0.15, 0.2) is 45.6 Å². The third kappa shape index (κ3) is 4.04. The Morgan fingerprint density at radius 2 is 2.05 bits per heavy atom. The van der Waals surface area contributed by atoms with E-state index in [0.29, 0.717) is 5.56 Å². The maximum atomic E-state index is 12.2. The van der Waals surface area contributed by atoms with Crippen LogP contribution in [0.25, 0.3) is 0 Å². The minimum atomic E-state index is -0.164. The van der Waals surface area contributed by atoms with Gasteiger partial charge in [-0.1, -0.05) is 6.07 Å². The summed E-state index contributed by atoms with van der Waals surface area (Å²) >= 11 is 6.75. The van der Waals surface area contributed by atoms with Crippen LogP contribution in [-0.2, 0) is 0 Å². The monoisotopic (exact) mass is 412 g/mol. The van der Waals surface area contributed by atoms with E-state index < -0.39 is 0 Å². The number of carbonyl (C=O) groups excluding carboxylic acids is 1. The van der Waals surface area contributed by atoms with Crippen LogP contribution >= 0.6 is 31.9 Å². The lowest BCUT2D eigenvalue weighted by molar-refractivity contribution is 0.0939. The van der Waals surface area contributed by atoms with Crippen molar-refractivity contribution >= 4 is 37.8 Å². The van der Waals surface area contributed by atoms with Gasteiger partial charge in [0.15, 0.2) is 0 Å². The zero-order valence-electron chi connectivity index (χ0n) is 11.6. The first kappa shape index (κ1) is 16.0. The molecular formula is C15H14Br2N2O2. The summed E-state index contributed by atoms with van der Waals surface area (Å²) in [5.41, 5.74) is 1.50. The van der Waals surface area contributed by atoms with Crippen molar-refractivity contribution in [1.29, 1.82) is 0 Å². The second-order valence-corrected chi connectivity index (χ2v) is 6.25. The molecule has 0 aliphatic heterocycles.